The Bertz CT molecular complexity index is 623. The molecule has 0 unspecified atom stereocenters. The van der Waals surface area contributed by atoms with Gasteiger partial charge in [0.2, 0.25) is 0 Å². The van der Waals surface area contributed by atoms with Gasteiger partial charge >= 0.3 is 0 Å². The Morgan fingerprint density at radius 3 is 2.50 bits per heavy atom. The molecule has 0 aromatic heterocycles. The molecule has 0 aliphatic carbocycles. The quantitative estimate of drug-likeness (QED) is 0.870. The predicted molar refractivity (Wildman–Crippen MR) is 76.8 cm³/mol. The third kappa shape index (κ3) is 3.15. The molecule has 0 bridgehead atoms. The van der Waals surface area contributed by atoms with E-state index in [0.717, 1.165) is 23.4 Å². The van der Waals surface area contributed by atoms with Crippen LogP contribution in [0.1, 0.15) is 15.9 Å². The zero-order valence-electron chi connectivity index (χ0n) is 11.4. The summed E-state index contributed by atoms with van der Waals surface area (Å²) in [5.74, 6) is -1.07. The molecule has 0 amide bonds. The van der Waals surface area contributed by atoms with Crippen LogP contribution in [0.25, 0.3) is 0 Å². The first-order valence-corrected chi connectivity index (χ1v) is 6.27. The average Bonchev–Trinajstić information content (AvgIpc) is 2.42. The van der Waals surface area contributed by atoms with Gasteiger partial charge in [-0.15, -0.1) is 0 Å². The van der Waals surface area contributed by atoms with Gasteiger partial charge in [0, 0.05) is 12.7 Å². The minimum absolute atomic E-state index is 0.00367. The van der Waals surface area contributed by atoms with Gasteiger partial charge in [-0.25, -0.2) is 4.39 Å². The third-order valence-corrected chi connectivity index (χ3v) is 3.11. The monoisotopic (exact) mass is 273 g/mol. The summed E-state index contributed by atoms with van der Waals surface area (Å²) in [6, 6.07) is 11.1. The molecule has 0 spiro atoms. The van der Waals surface area contributed by atoms with E-state index in [9.17, 15) is 14.3 Å². The van der Waals surface area contributed by atoms with E-state index in [4.69, 9.17) is 0 Å². The van der Waals surface area contributed by atoms with Gasteiger partial charge in [-0.05, 0) is 37.3 Å². The van der Waals surface area contributed by atoms with Gasteiger partial charge in [-0.1, -0.05) is 17.7 Å². The smallest absolute Gasteiger partial charge is 0.185 e. The van der Waals surface area contributed by atoms with Crippen LogP contribution < -0.4 is 4.90 Å². The van der Waals surface area contributed by atoms with Gasteiger partial charge in [0.15, 0.2) is 5.78 Å². The Morgan fingerprint density at radius 2 is 1.85 bits per heavy atom. The number of phenolic OH excluding ortho intramolecular Hbond substituents is 1. The van der Waals surface area contributed by atoms with Crippen LogP contribution in [0.5, 0.6) is 5.75 Å². The zero-order valence-corrected chi connectivity index (χ0v) is 11.4. The first-order chi connectivity index (χ1) is 9.47. The van der Waals surface area contributed by atoms with Crippen molar-refractivity contribution in [3.05, 3.63) is 59.4 Å². The highest BCUT2D eigenvalue weighted by atomic mass is 19.1. The maximum Gasteiger partial charge on any atom is 0.185 e. The molecule has 0 radical (unpaired) electrons. The fourth-order valence-electron chi connectivity index (χ4n) is 1.92. The number of halogens is 1. The molecule has 2 aromatic rings. The van der Waals surface area contributed by atoms with Crippen LogP contribution in [0.3, 0.4) is 0 Å². The highest BCUT2D eigenvalue weighted by molar-refractivity contribution is 6.01. The van der Waals surface area contributed by atoms with Crippen LogP contribution in [0.15, 0.2) is 42.5 Å². The van der Waals surface area contributed by atoms with Crippen molar-refractivity contribution in [1.29, 1.82) is 0 Å². The van der Waals surface area contributed by atoms with E-state index in [1.165, 1.54) is 6.07 Å². The van der Waals surface area contributed by atoms with Gasteiger partial charge in [-0.3, -0.25) is 4.79 Å². The molecule has 0 aliphatic rings. The summed E-state index contributed by atoms with van der Waals surface area (Å²) in [5.41, 5.74) is 2.03. The number of hydrogen-bond acceptors (Lipinski definition) is 3. The first kappa shape index (κ1) is 14.1. The fourth-order valence-corrected chi connectivity index (χ4v) is 1.92. The maximum absolute atomic E-state index is 13.1. The second kappa shape index (κ2) is 5.74. The third-order valence-electron chi connectivity index (χ3n) is 3.11. The van der Waals surface area contributed by atoms with Crippen LogP contribution >= 0.6 is 0 Å². The summed E-state index contributed by atoms with van der Waals surface area (Å²) in [6.07, 6.45) is 0. The Morgan fingerprint density at radius 1 is 1.20 bits per heavy atom. The molecule has 0 aliphatic heterocycles. The molecule has 0 atom stereocenters. The van der Waals surface area contributed by atoms with E-state index in [1.807, 2.05) is 31.2 Å². The second-order valence-corrected chi connectivity index (χ2v) is 4.78. The number of ketones is 1. The lowest BCUT2D eigenvalue weighted by atomic mass is 10.1. The maximum atomic E-state index is 13.1. The largest absolute Gasteiger partial charge is 0.507 e. The van der Waals surface area contributed by atoms with Gasteiger partial charge in [0.1, 0.15) is 11.6 Å². The molecule has 0 fully saturated rings. The van der Waals surface area contributed by atoms with Crippen molar-refractivity contribution in [3.8, 4) is 5.75 Å². The number of carbonyl (C=O) groups is 1. The molecular weight excluding hydrogens is 257 g/mol. The van der Waals surface area contributed by atoms with Crippen molar-refractivity contribution < 1.29 is 14.3 Å². The normalized spacial score (nSPS) is 10.3. The number of Topliss-reactive ketones (excluding diaryl/α,β-unsaturated/α-hetero) is 1. The number of likely N-dealkylation sites (N-methyl/N-ethyl adjacent to an activating group) is 1. The van der Waals surface area contributed by atoms with Crippen LogP contribution in [0.4, 0.5) is 10.1 Å². The Balaban J connectivity index is 2.15. The second-order valence-electron chi connectivity index (χ2n) is 4.78. The van der Waals surface area contributed by atoms with Crippen LogP contribution in [-0.2, 0) is 0 Å². The molecular formula is C16H16FNO2. The van der Waals surface area contributed by atoms with Gasteiger partial charge in [0.25, 0.3) is 0 Å². The molecule has 1 N–H and O–H groups in total. The number of rotatable bonds is 4. The number of carbonyl (C=O) groups excluding carboxylic acids is 1. The summed E-state index contributed by atoms with van der Waals surface area (Å²) < 4.78 is 13.1. The number of aromatic hydroxyl groups is 1. The molecule has 0 heterocycles. The van der Waals surface area contributed by atoms with E-state index < -0.39 is 5.82 Å². The summed E-state index contributed by atoms with van der Waals surface area (Å²) in [5, 5.41) is 9.62. The predicted octanol–water partition coefficient (Wildman–Crippen LogP) is 3.16. The number of nitrogens with zero attached hydrogens (tertiary/aromatic N) is 1. The lowest BCUT2D eigenvalue weighted by Crippen LogP contribution is -2.25. The topological polar surface area (TPSA) is 40.5 Å². The lowest BCUT2D eigenvalue weighted by molar-refractivity contribution is 0.0997. The highest BCUT2D eigenvalue weighted by Gasteiger charge is 2.14. The lowest BCUT2D eigenvalue weighted by Gasteiger charge is -2.18. The number of anilines is 1. The molecule has 104 valence electrons. The van der Waals surface area contributed by atoms with Crippen molar-refractivity contribution in [2.75, 3.05) is 18.5 Å². The van der Waals surface area contributed by atoms with E-state index in [0.29, 0.717) is 0 Å². The van der Waals surface area contributed by atoms with E-state index >= 15 is 0 Å². The van der Waals surface area contributed by atoms with Gasteiger partial charge in [0.05, 0.1) is 12.1 Å². The van der Waals surface area contributed by atoms with Crippen molar-refractivity contribution in [2.45, 2.75) is 6.92 Å². The van der Waals surface area contributed by atoms with Crippen molar-refractivity contribution in [3.63, 3.8) is 0 Å². The van der Waals surface area contributed by atoms with E-state index in [2.05, 4.69) is 0 Å². The van der Waals surface area contributed by atoms with Gasteiger partial charge in [-0.2, -0.15) is 0 Å². The number of aryl methyl sites for hydroxylation is 1. The first-order valence-electron chi connectivity index (χ1n) is 6.27. The highest BCUT2D eigenvalue weighted by Crippen LogP contribution is 2.20. The minimum atomic E-state index is -0.538. The van der Waals surface area contributed by atoms with Crippen molar-refractivity contribution in [2.24, 2.45) is 0 Å². The van der Waals surface area contributed by atoms with Crippen LogP contribution in [-0.4, -0.2) is 24.5 Å². The fraction of sp³-hybridized carbons (Fsp3) is 0.188. The zero-order chi connectivity index (χ0) is 14.7. The summed E-state index contributed by atoms with van der Waals surface area (Å²) in [7, 11) is 1.78. The molecule has 20 heavy (non-hydrogen) atoms. The summed E-state index contributed by atoms with van der Waals surface area (Å²) >= 11 is 0. The molecule has 0 saturated heterocycles. The van der Waals surface area contributed by atoms with Crippen LogP contribution in [0.2, 0.25) is 0 Å². The van der Waals surface area contributed by atoms with E-state index in [1.54, 1.807) is 11.9 Å². The molecule has 0 saturated carbocycles. The Kier molecular flexibility index (Phi) is 4.03. The van der Waals surface area contributed by atoms with Crippen LogP contribution in [0, 0.1) is 12.7 Å². The number of benzene rings is 2. The SMILES string of the molecule is Cc1ccc(N(C)CC(=O)c2cc(F)ccc2O)cc1. The molecule has 2 aromatic carbocycles. The molecule has 3 nitrogen and oxygen atoms in total. The van der Waals surface area contributed by atoms with Crippen molar-refractivity contribution >= 4 is 11.5 Å². The average molecular weight is 273 g/mol. The minimum Gasteiger partial charge on any atom is -0.507 e. The Labute approximate surface area is 117 Å². The molecule has 4 heteroatoms. The van der Waals surface area contributed by atoms with E-state index in [-0.39, 0.29) is 23.6 Å². The Hall–Kier alpha value is -2.36. The summed E-state index contributed by atoms with van der Waals surface area (Å²) in [6.45, 7) is 2.06. The van der Waals surface area contributed by atoms with Gasteiger partial charge < -0.3 is 10.0 Å². The van der Waals surface area contributed by atoms with Crippen molar-refractivity contribution in [1.82, 2.24) is 0 Å². The molecule has 2 rings (SSSR count). The summed E-state index contributed by atoms with van der Waals surface area (Å²) in [4.78, 5) is 13.9. The number of hydrogen-bond donors (Lipinski definition) is 1. The standard InChI is InChI=1S/C16H16FNO2/c1-11-3-6-13(7-4-11)18(2)10-16(20)14-9-12(17)5-8-15(14)19/h3-9,19H,10H2,1-2H3. The number of phenols is 1.